The normalized spacial score (nSPS) is 12.9. The Morgan fingerprint density at radius 2 is 2.00 bits per heavy atom. The van der Waals surface area contributed by atoms with Gasteiger partial charge in [-0.3, -0.25) is 4.99 Å². The van der Waals surface area contributed by atoms with Crippen LogP contribution in [0.1, 0.15) is 23.3 Å². The molecule has 0 amide bonds. The fraction of sp³-hybridized carbons (Fsp3) is 0.389. The number of nitrogens with zero attached hydrogens (tertiary/aromatic N) is 1. The summed E-state index contributed by atoms with van der Waals surface area (Å²) in [6.07, 6.45) is -4.35. The zero-order valence-electron chi connectivity index (χ0n) is 15.0. The molecule has 2 rings (SSSR count). The number of thiophene rings is 1. The highest BCUT2D eigenvalue weighted by Crippen LogP contribution is 2.20. The summed E-state index contributed by atoms with van der Waals surface area (Å²) in [5, 5.41) is 8.45. The fourth-order valence-corrected chi connectivity index (χ4v) is 3.03. The molecule has 0 radical (unpaired) electrons. The Bertz CT molecular complexity index is 708. The first-order chi connectivity index (χ1) is 12.4. The van der Waals surface area contributed by atoms with Crippen molar-refractivity contribution < 1.29 is 17.9 Å². The van der Waals surface area contributed by atoms with Gasteiger partial charge >= 0.3 is 6.18 Å². The standard InChI is InChI=1S/C18H22F3N3OS.HI/c1-13(16-7-4-8-26-16)10-23-17(22-2)24-11-14-5-3-6-15(9-14)25-12-18(19,20)21;/h3-9,13H,10-12H2,1-2H3,(H2,22,23,24);1H. The second-order valence-electron chi connectivity index (χ2n) is 5.77. The van der Waals surface area contributed by atoms with E-state index in [-0.39, 0.29) is 29.7 Å². The van der Waals surface area contributed by atoms with Crippen molar-refractivity contribution in [2.75, 3.05) is 20.2 Å². The van der Waals surface area contributed by atoms with E-state index >= 15 is 0 Å². The van der Waals surface area contributed by atoms with Gasteiger partial charge in [-0.05, 0) is 29.1 Å². The third-order valence-corrected chi connectivity index (χ3v) is 4.69. The van der Waals surface area contributed by atoms with Crippen LogP contribution in [-0.2, 0) is 6.54 Å². The number of benzene rings is 1. The lowest BCUT2D eigenvalue weighted by Gasteiger charge is -2.15. The molecule has 0 saturated heterocycles. The van der Waals surface area contributed by atoms with E-state index in [1.165, 1.54) is 10.9 Å². The summed E-state index contributed by atoms with van der Waals surface area (Å²) in [5.74, 6) is 1.18. The summed E-state index contributed by atoms with van der Waals surface area (Å²) in [5.41, 5.74) is 0.805. The maximum Gasteiger partial charge on any atom is 0.422 e. The number of nitrogens with one attached hydrogen (secondary N) is 2. The van der Waals surface area contributed by atoms with Gasteiger partial charge in [0, 0.05) is 30.9 Å². The molecular formula is C18H23F3IN3OS. The molecule has 1 unspecified atom stereocenters. The molecule has 0 fully saturated rings. The lowest BCUT2D eigenvalue weighted by Crippen LogP contribution is -2.38. The van der Waals surface area contributed by atoms with Gasteiger partial charge in [-0.2, -0.15) is 13.2 Å². The number of alkyl halides is 3. The highest BCUT2D eigenvalue weighted by molar-refractivity contribution is 14.0. The predicted molar refractivity (Wildman–Crippen MR) is 114 cm³/mol. The monoisotopic (exact) mass is 513 g/mol. The molecule has 0 bridgehead atoms. The number of aliphatic imine (C=N–C) groups is 1. The maximum absolute atomic E-state index is 12.2. The Labute approximate surface area is 178 Å². The molecule has 1 atom stereocenters. The van der Waals surface area contributed by atoms with Gasteiger partial charge in [-0.15, -0.1) is 35.3 Å². The molecule has 0 aliphatic carbocycles. The van der Waals surface area contributed by atoms with Gasteiger partial charge in [0.05, 0.1) is 0 Å². The van der Waals surface area contributed by atoms with Crippen molar-refractivity contribution >= 4 is 41.3 Å². The number of guanidine groups is 1. The van der Waals surface area contributed by atoms with Crippen LogP contribution in [0.2, 0.25) is 0 Å². The van der Waals surface area contributed by atoms with Crippen LogP contribution in [0.4, 0.5) is 13.2 Å². The van der Waals surface area contributed by atoms with Crippen molar-refractivity contribution in [3.05, 3.63) is 52.2 Å². The molecule has 150 valence electrons. The van der Waals surface area contributed by atoms with E-state index in [9.17, 15) is 13.2 Å². The minimum absolute atomic E-state index is 0. The Hall–Kier alpha value is -1.49. The summed E-state index contributed by atoms with van der Waals surface area (Å²) in [7, 11) is 1.67. The van der Waals surface area contributed by atoms with Gasteiger partial charge in [0.2, 0.25) is 0 Å². The maximum atomic E-state index is 12.2. The summed E-state index contributed by atoms with van der Waals surface area (Å²) < 4.78 is 41.5. The van der Waals surface area contributed by atoms with Crippen molar-refractivity contribution in [2.24, 2.45) is 4.99 Å². The molecule has 2 aromatic rings. The molecule has 27 heavy (non-hydrogen) atoms. The molecule has 9 heteroatoms. The molecule has 4 nitrogen and oxygen atoms in total. The lowest BCUT2D eigenvalue weighted by molar-refractivity contribution is -0.153. The number of ether oxygens (including phenoxy) is 1. The van der Waals surface area contributed by atoms with Gasteiger partial charge in [0.25, 0.3) is 0 Å². The van der Waals surface area contributed by atoms with E-state index < -0.39 is 12.8 Å². The minimum Gasteiger partial charge on any atom is -0.484 e. The van der Waals surface area contributed by atoms with E-state index in [4.69, 9.17) is 4.74 Å². The predicted octanol–water partition coefficient (Wildman–Crippen LogP) is 4.78. The molecule has 0 spiro atoms. The molecule has 0 aliphatic rings. The molecule has 1 aromatic carbocycles. The van der Waals surface area contributed by atoms with Crippen LogP contribution < -0.4 is 15.4 Å². The number of halogens is 4. The van der Waals surface area contributed by atoms with Crippen LogP contribution >= 0.6 is 35.3 Å². The van der Waals surface area contributed by atoms with E-state index in [1.54, 1.807) is 30.5 Å². The first kappa shape index (κ1) is 23.5. The molecule has 1 heterocycles. The zero-order valence-corrected chi connectivity index (χ0v) is 18.2. The van der Waals surface area contributed by atoms with Crippen molar-refractivity contribution in [2.45, 2.75) is 25.6 Å². The summed E-state index contributed by atoms with van der Waals surface area (Å²) >= 11 is 1.71. The zero-order chi connectivity index (χ0) is 19.0. The molecule has 1 aromatic heterocycles. The lowest BCUT2D eigenvalue weighted by atomic mass is 10.1. The van der Waals surface area contributed by atoms with Gasteiger partial charge < -0.3 is 15.4 Å². The van der Waals surface area contributed by atoms with Crippen LogP contribution in [0.3, 0.4) is 0 Å². The average Bonchev–Trinajstić information content (AvgIpc) is 3.14. The molecule has 0 saturated carbocycles. The SMILES string of the molecule is CN=C(NCc1cccc(OCC(F)(F)F)c1)NCC(C)c1cccs1.I. The Kier molecular flexibility index (Phi) is 9.92. The van der Waals surface area contributed by atoms with E-state index in [0.717, 1.165) is 12.1 Å². The Morgan fingerprint density at radius 3 is 2.63 bits per heavy atom. The van der Waals surface area contributed by atoms with Crippen molar-refractivity contribution in [1.29, 1.82) is 0 Å². The molecule has 0 aliphatic heterocycles. The minimum atomic E-state index is -4.35. The first-order valence-electron chi connectivity index (χ1n) is 8.14. The fourth-order valence-electron chi connectivity index (χ4n) is 2.24. The van der Waals surface area contributed by atoms with Gasteiger partial charge in [-0.25, -0.2) is 0 Å². The number of hydrogen-bond acceptors (Lipinski definition) is 3. The Balaban J connectivity index is 0.00000364. The highest BCUT2D eigenvalue weighted by Gasteiger charge is 2.28. The van der Waals surface area contributed by atoms with Gasteiger partial charge in [0.1, 0.15) is 5.75 Å². The summed E-state index contributed by atoms with van der Waals surface area (Å²) in [4.78, 5) is 5.46. The Morgan fingerprint density at radius 1 is 1.22 bits per heavy atom. The van der Waals surface area contributed by atoms with Gasteiger partial charge in [0.15, 0.2) is 12.6 Å². The second-order valence-corrected chi connectivity index (χ2v) is 6.75. The summed E-state index contributed by atoms with van der Waals surface area (Å²) in [6, 6.07) is 10.7. The molecular weight excluding hydrogens is 490 g/mol. The summed E-state index contributed by atoms with van der Waals surface area (Å²) in [6.45, 7) is 1.99. The van der Waals surface area contributed by atoms with Crippen molar-refractivity contribution in [1.82, 2.24) is 10.6 Å². The smallest absolute Gasteiger partial charge is 0.422 e. The van der Waals surface area contributed by atoms with E-state index in [2.05, 4.69) is 28.6 Å². The van der Waals surface area contributed by atoms with Crippen molar-refractivity contribution in [3.8, 4) is 5.75 Å². The van der Waals surface area contributed by atoms with Crippen molar-refractivity contribution in [3.63, 3.8) is 0 Å². The highest BCUT2D eigenvalue weighted by atomic mass is 127. The third-order valence-electron chi connectivity index (χ3n) is 3.59. The topological polar surface area (TPSA) is 45.7 Å². The van der Waals surface area contributed by atoms with Crippen LogP contribution in [0, 0.1) is 0 Å². The molecule has 2 N–H and O–H groups in total. The third kappa shape index (κ3) is 8.83. The van der Waals surface area contributed by atoms with Crippen LogP contribution in [-0.4, -0.2) is 32.3 Å². The quantitative estimate of drug-likeness (QED) is 0.319. The first-order valence-corrected chi connectivity index (χ1v) is 9.02. The number of hydrogen-bond donors (Lipinski definition) is 2. The average molecular weight is 513 g/mol. The van der Waals surface area contributed by atoms with Gasteiger partial charge in [-0.1, -0.05) is 25.1 Å². The number of rotatable bonds is 7. The van der Waals surface area contributed by atoms with Crippen LogP contribution in [0.15, 0.2) is 46.8 Å². The van der Waals surface area contributed by atoms with E-state index in [0.29, 0.717) is 18.4 Å². The van der Waals surface area contributed by atoms with Crippen LogP contribution in [0.25, 0.3) is 0 Å². The van der Waals surface area contributed by atoms with E-state index in [1.807, 2.05) is 17.5 Å². The largest absolute Gasteiger partial charge is 0.484 e. The van der Waals surface area contributed by atoms with Crippen LogP contribution in [0.5, 0.6) is 5.75 Å². The second kappa shape index (κ2) is 11.4.